The van der Waals surface area contributed by atoms with Crippen molar-refractivity contribution in [1.29, 1.82) is 0 Å². The number of nitrogens with one attached hydrogen (secondary N) is 1. The second-order valence-electron chi connectivity index (χ2n) is 12.9. The highest BCUT2D eigenvalue weighted by atomic mass is 32.1. The molecule has 0 aliphatic carbocycles. The van der Waals surface area contributed by atoms with E-state index in [1.807, 2.05) is 69.3 Å². The summed E-state index contributed by atoms with van der Waals surface area (Å²) in [6, 6.07) is 23.2. The van der Waals surface area contributed by atoms with Gasteiger partial charge in [0.05, 0.1) is 19.4 Å². The number of ether oxygens (including phenoxy) is 3. The van der Waals surface area contributed by atoms with Crippen LogP contribution in [0.5, 0.6) is 5.75 Å². The lowest BCUT2D eigenvalue weighted by Gasteiger charge is -2.35. The third kappa shape index (κ3) is 9.60. The summed E-state index contributed by atoms with van der Waals surface area (Å²) in [6.07, 6.45) is 0.747. The van der Waals surface area contributed by atoms with Gasteiger partial charge in [0, 0.05) is 60.7 Å². The Kier molecular flexibility index (Phi) is 11.6. The van der Waals surface area contributed by atoms with Crippen molar-refractivity contribution in [2.24, 2.45) is 0 Å². The van der Waals surface area contributed by atoms with E-state index in [9.17, 15) is 14.4 Å². The third-order valence-corrected chi connectivity index (χ3v) is 9.15. The predicted molar refractivity (Wildman–Crippen MR) is 192 cm³/mol. The number of thiazole rings is 1. The standard InChI is InChI=1S/C38H44N4O6S/c1-26-31(40-36(49-26)41-20-22-42(23-21-41)37(45)48-38(2,3)4)19-24-47-29-17-15-27(16-18-29)25-33(35(44)46-5)39-32-14-10-9-13-30(32)34(43)28-11-7-6-8-12-28/h6-18,33,39H,19-25H2,1-5H3/t33-/m0/s1. The van der Waals surface area contributed by atoms with E-state index >= 15 is 0 Å². The minimum absolute atomic E-state index is 0.129. The smallest absolute Gasteiger partial charge is 0.410 e. The Bertz CT molecular complexity index is 1730. The monoisotopic (exact) mass is 684 g/mol. The Labute approximate surface area is 292 Å². The van der Waals surface area contributed by atoms with E-state index in [0.717, 1.165) is 27.0 Å². The highest BCUT2D eigenvalue weighted by Gasteiger charge is 2.27. The minimum Gasteiger partial charge on any atom is -0.493 e. The summed E-state index contributed by atoms with van der Waals surface area (Å²) in [5, 5.41) is 4.21. The van der Waals surface area contributed by atoms with Crippen molar-refractivity contribution in [3.63, 3.8) is 0 Å². The first-order valence-corrected chi connectivity index (χ1v) is 17.3. The number of hydrogen-bond donors (Lipinski definition) is 1. The van der Waals surface area contributed by atoms with Crippen LogP contribution in [0, 0.1) is 6.92 Å². The molecule has 1 aromatic heterocycles. The molecule has 1 fully saturated rings. The van der Waals surface area contributed by atoms with Gasteiger partial charge in [-0.25, -0.2) is 14.6 Å². The topological polar surface area (TPSA) is 110 Å². The summed E-state index contributed by atoms with van der Waals surface area (Å²) < 4.78 is 16.7. The van der Waals surface area contributed by atoms with Crippen molar-refractivity contribution in [3.8, 4) is 5.75 Å². The highest BCUT2D eigenvalue weighted by molar-refractivity contribution is 7.15. The van der Waals surface area contributed by atoms with Crippen LogP contribution in [0.1, 0.15) is 52.8 Å². The van der Waals surface area contributed by atoms with E-state index in [4.69, 9.17) is 19.2 Å². The zero-order chi connectivity index (χ0) is 35.0. The lowest BCUT2D eigenvalue weighted by atomic mass is 10.00. The highest BCUT2D eigenvalue weighted by Crippen LogP contribution is 2.28. The van der Waals surface area contributed by atoms with Gasteiger partial charge in [-0.15, -0.1) is 11.3 Å². The molecule has 4 aromatic rings. The lowest BCUT2D eigenvalue weighted by Crippen LogP contribution is -2.50. The Morgan fingerprint density at radius 3 is 2.27 bits per heavy atom. The molecule has 0 bridgehead atoms. The van der Waals surface area contributed by atoms with Gasteiger partial charge in [-0.2, -0.15) is 0 Å². The van der Waals surface area contributed by atoms with Gasteiger partial charge >= 0.3 is 12.1 Å². The zero-order valence-electron chi connectivity index (χ0n) is 28.7. The van der Waals surface area contributed by atoms with Crippen LogP contribution in [-0.4, -0.2) is 79.3 Å². The summed E-state index contributed by atoms with van der Waals surface area (Å²) in [5.74, 6) is 0.165. The molecule has 1 aliphatic heterocycles. The van der Waals surface area contributed by atoms with Gasteiger partial charge in [0.1, 0.15) is 17.4 Å². The molecular weight excluding hydrogens is 641 g/mol. The van der Waals surface area contributed by atoms with Crippen molar-refractivity contribution in [1.82, 2.24) is 9.88 Å². The Morgan fingerprint density at radius 2 is 1.59 bits per heavy atom. The molecule has 1 atom stereocenters. The van der Waals surface area contributed by atoms with Crippen LogP contribution in [0.15, 0.2) is 78.9 Å². The number of aromatic nitrogens is 1. The van der Waals surface area contributed by atoms with Crippen molar-refractivity contribution >= 4 is 40.0 Å². The van der Waals surface area contributed by atoms with E-state index in [1.165, 1.54) is 7.11 Å². The number of carbonyl (C=O) groups excluding carboxylic acids is 3. The summed E-state index contributed by atoms with van der Waals surface area (Å²) in [5.41, 5.74) is 3.02. The molecule has 1 N–H and O–H groups in total. The van der Waals surface area contributed by atoms with E-state index in [0.29, 0.717) is 62.4 Å². The first-order valence-electron chi connectivity index (χ1n) is 16.4. The number of carbonyl (C=O) groups is 3. The third-order valence-electron chi connectivity index (χ3n) is 8.08. The molecule has 11 heteroatoms. The van der Waals surface area contributed by atoms with Crippen LogP contribution in [0.4, 0.5) is 15.6 Å². The maximum atomic E-state index is 13.2. The zero-order valence-corrected chi connectivity index (χ0v) is 29.5. The molecule has 5 rings (SSSR count). The Balaban J connectivity index is 1.14. The number of ketones is 1. The molecule has 0 spiro atoms. The molecule has 258 valence electrons. The van der Waals surface area contributed by atoms with Crippen LogP contribution < -0.4 is 15.0 Å². The molecule has 0 unspecified atom stereocenters. The minimum atomic E-state index is -0.705. The second-order valence-corrected chi connectivity index (χ2v) is 14.0. The fourth-order valence-corrected chi connectivity index (χ4v) is 6.49. The molecular formula is C38H44N4O6S. The van der Waals surface area contributed by atoms with Crippen molar-refractivity contribution in [2.75, 3.05) is 50.1 Å². The number of rotatable bonds is 12. The molecule has 1 aliphatic rings. The Hall–Kier alpha value is -4.90. The summed E-state index contributed by atoms with van der Waals surface area (Å²) in [4.78, 5) is 48.5. The fourth-order valence-electron chi connectivity index (χ4n) is 5.49. The molecule has 0 radical (unpaired) electrons. The van der Waals surface area contributed by atoms with E-state index in [1.54, 1.807) is 46.6 Å². The maximum absolute atomic E-state index is 13.2. The fraction of sp³-hybridized carbons (Fsp3) is 0.368. The largest absolute Gasteiger partial charge is 0.493 e. The van der Waals surface area contributed by atoms with E-state index < -0.39 is 17.6 Å². The first-order chi connectivity index (χ1) is 23.5. The summed E-state index contributed by atoms with van der Waals surface area (Å²) >= 11 is 1.66. The number of anilines is 2. The number of esters is 1. The quantitative estimate of drug-likeness (QED) is 0.131. The van der Waals surface area contributed by atoms with E-state index in [-0.39, 0.29) is 11.9 Å². The van der Waals surface area contributed by atoms with Gasteiger partial charge in [-0.3, -0.25) is 4.79 Å². The molecule has 2 heterocycles. The molecule has 1 saturated heterocycles. The van der Waals surface area contributed by atoms with Crippen LogP contribution in [-0.2, 0) is 27.1 Å². The number of methoxy groups -OCH3 is 1. The normalized spacial score (nSPS) is 13.8. The molecule has 49 heavy (non-hydrogen) atoms. The SMILES string of the molecule is COC(=O)[C@H](Cc1ccc(OCCc2nc(N3CCN(C(=O)OC(C)(C)C)CC3)sc2C)cc1)Nc1ccccc1C(=O)c1ccccc1. The van der Waals surface area contributed by atoms with Crippen LogP contribution in [0.2, 0.25) is 0 Å². The average Bonchev–Trinajstić information content (AvgIpc) is 3.47. The van der Waals surface area contributed by atoms with Crippen LogP contribution in [0.25, 0.3) is 0 Å². The summed E-state index contributed by atoms with van der Waals surface area (Å²) in [7, 11) is 1.36. The number of piperazine rings is 1. The van der Waals surface area contributed by atoms with Crippen molar-refractivity contribution in [3.05, 3.63) is 106 Å². The second kappa shape index (κ2) is 16.0. The number of nitrogens with zero attached hydrogens (tertiary/aromatic N) is 3. The number of aryl methyl sites for hydroxylation is 1. The van der Waals surface area contributed by atoms with Gasteiger partial charge in [-0.1, -0.05) is 54.6 Å². The molecule has 3 aromatic carbocycles. The predicted octanol–water partition coefficient (Wildman–Crippen LogP) is 6.56. The van der Waals surface area contributed by atoms with Crippen LogP contribution >= 0.6 is 11.3 Å². The Morgan fingerprint density at radius 1 is 0.918 bits per heavy atom. The summed E-state index contributed by atoms with van der Waals surface area (Å²) in [6.45, 7) is 10.8. The molecule has 1 amide bonds. The van der Waals surface area contributed by atoms with Crippen LogP contribution in [0.3, 0.4) is 0 Å². The lowest BCUT2D eigenvalue weighted by molar-refractivity contribution is -0.141. The molecule has 0 saturated carbocycles. The first kappa shape index (κ1) is 35.4. The van der Waals surface area contributed by atoms with Gasteiger partial charge in [0.2, 0.25) is 0 Å². The van der Waals surface area contributed by atoms with Gasteiger partial charge in [0.15, 0.2) is 10.9 Å². The molecule has 10 nitrogen and oxygen atoms in total. The van der Waals surface area contributed by atoms with Crippen molar-refractivity contribution in [2.45, 2.75) is 52.2 Å². The van der Waals surface area contributed by atoms with E-state index in [2.05, 4.69) is 17.1 Å². The number of para-hydroxylation sites is 1. The number of hydrogen-bond acceptors (Lipinski definition) is 10. The van der Waals surface area contributed by atoms with Gasteiger partial charge in [-0.05, 0) is 57.5 Å². The van der Waals surface area contributed by atoms with Gasteiger partial charge < -0.3 is 29.3 Å². The van der Waals surface area contributed by atoms with Crippen molar-refractivity contribution < 1.29 is 28.6 Å². The average molecular weight is 685 g/mol. The maximum Gasteiger partial charge on any atom is 0.410 e. The van der Waals surface area contributed by atoms with Gasteiger partial charge in [0.25, 0.3) is 0 Å². The number of amides is 1. The number of benzene rings is 3.